The third-order valence-corrected chi connectivity index (χ3v) is 4.26. The minimum atomic E-state index is -4.76. The maximum absolute atomic E-state index is 10.8. The van der Waals surface area contributed by atoms with E-state index in [0.29, 0.717) is 0 Å². The number of phosphoric acid groups is 1. The van der Waals surface area contributed by atoms with Crippen LogP contribution in [0.3, 0.4) is 0 Å². The Balaban J connectivity index is 1.95. The van der Waals surface area contributed by atoms with Crippen LogP contribution in [0, 0.1) is 11.3 Å². The van der Waals surface area contributed by atoms with Crippen LogP contribution in [0.1, 0.15) is 11.8 Å². The lowest BCUT2D eigenvalue weighted by Crippen LogP contribution is -2.33. The molecule has 2 aromatic heterocycles. The number of fused-ring (bicyclic) bond motifs is 1. The summed E-state index contributed by atoms with van der Waals surface area (Å²) in [4.78, 5) is 25.3. The van der Waals surface area contributed by atoms with Gasteiger partial charge in [-0.1, -0.05) is 0 Å². The maximum atomic E-state index is 10.8. The third-order valence-electron chi connectivity index (χ3n) is 3.78. The van der Waals surface area contributed by atoms with Gasteiger partial charge in [0, 0.05) is 6.20 Å². The number of aliphatic hydroxyl groups is 2. The number of hydrogen-bond acceptors (Lipinski definition) is 9. The highest BCUT2D eigenvalue weighted by Crippen LogP contribution is 2.39. The normalized spacial score (nSPS) is 26.8. The second-order valence-corrected chi connectivity index (χ2v) is 6.59. The average molecular weight is 371 g/mol. The van der Waals surface area contributed by atoms with E-state index in [1.807, 2.05) is 6.07 Å². The van der Waals surface area contributed by atoms with Crippen LogP contribution in [-0.2, 0) is 13.8 Å². The molecule has 2 aromatic rings. The summed E-state index contributed by atoms with van der Waals surface area (Å²) in [6, 6.07) is 1.93. The van der Waals surface area contributed by atoms with Gasteiger partial charge in [-0.2, -0.15) is 5.26 Å². The molecule has 0 bridgehead atoms. The van der Waals surface area contributed by atoms with E-state index in [1.54, 1.807) is 0 Å². The van der Waals surface area contributed by atoms with Gasteiger partial charge < -0.3 is 35.0 Å². The van der Waals surface area contributed by atoms with E-state index < -0.39 is 39.0 Å². The first-order valence-electron chi connectivity index (χ1n) is 6.95. The van der Waals surface area contributed by atoms with Gasteiger partial charge in [0.1, 0.15) is 42.2 Å². The summed E-state index contributed by atoms with van der Waals surface area (Å²) in [6.07, 6.45) is -2.79. The van der Waals surface area contributed by atoms with E-state index in [1.165, 1.54) is 17.1 Å². The molecular weight excluding hydrogens is 357 g/mol. The number of rotatable bonds is 4. The van der Waals surface area contributed by atoms with Crippen LogP contribution in [-0.4, -0.2) is 59.5 Å². The standard InChI is InChI=1S/C12H14N5O7P/c13-1-5-2-17(11-7(5)10(14)15-4-16-11)12-9(19)8(18)6(24-12)3-23-25(20,21)22/h2,4,6,8-9,12,18-19H,3H2,(H2,14,15,16)(H2,20,21,22)/t6-,8-,9-,12-/m0/s1. The fraction of sp³-hybridized carbons (Fsp3) is 0.417. The number of phosphoric ester groups is 1. The van der Waals surface area contributed by atoms with Crippen LogP contribution in [0.25, 0.3) is 11.0 Å². The van der Waals surface area contributed by atoms with Crippen molar-refractivity contribution in [3.8, 4) is 6.07 Å². The van der Waals surface area contributed by atoms with Crippen LogP contribution >= 0.6 is 7.82 Å². The molecule has 1 saturated heterocycles. The predicted molar refractivity (Wildman–Crippen MR) is 80.6 cm³/mol. The SMILES string of the molecule is N#Cc1cn([C@H]2O[C@@H](COP(=O)(O)O)[C@H](O)[C@@H]2O)c2ncnc(N)c12. The van der Waals surface area contributed by atoms with Crippen molar-refractivity contribution in [1.82, 2.24) is 14.5 Å². The van der Waals surface area contributed by atoms with Crippen molar-refractivity contribution < 1.29 is 33.8 Å². The molecule has 12 nitrogen and oxygen atoms in total. The second kappa shape index (κ2) is 6.32. The minimum Gasteiger partial charge on any atom is -0.387 e. The molecule has 1 aliphatic rings. The van der Waals surface area contributed by atoms with Crippen LogP contribution in [0.2, 0.25) is 0 Å². The summed E-state index contributed by atoms with van der Waals surface area (Å²) in [7, 11) is -4.76. The highest BCUT2D eigenvalue weighted by molar-refractivity contribution is 7.46. The summed E-state index contributed by atoms with van der Waals surface area (Å²) in [5, 5.41) is 29.7. The predicted octanol–water partition coefficient (Wildman–Crippen LogP) is -1.39. The van der Waals surface area contributed by atoms with Crippen LogP contribution in [0.4, 0.5) is 5.82 Å². The number of ether oxygens (including phenoxy) is 1. The Bertz CT molecular complexity index is 890. The van der Waals surface area contributed by atoms with Crippen molar-refractivity contribution in [3.63, 3.8) is 0 Å². The van der Waals surface area contributed by atoms with E-state index in [-0.39, 0.29) is 22.4 Å². The van der Waals surface area contributed by atoms with Gasteiger partial charge in [0.05, 0.1) is 17.6 Å². The van der Waals surface area contributed by atoms with Crippen molar-refractivity contribution in [3.05, 3.63) is 18.1 Å². The Hall–Kier alpha value is -2.10. The van der Waals surface area contributed by atoms with Crippen LogP contribution < -0.4 is 5.73 Å². The average Bonchev–Trinajstić information content (AvgIpc) is 3.05. The van der Waals surface area contributed by atoms with Crippen LogP contribution in [0.15, 0.2) is 12.5 Å². The molecule has 1 fully saturated rings. The lowest BCUT2D eigenvalue weighted by atomic mass is 10.1. The van der Waals surface area contributed by atoms with Gasteiger partial charge in [0.15, 0.2) is 6.23 Å². The first kappa shape index (κ1) is 17.7. The van der Waals surface area contributed by atoms with Crippen molar-refractivity contribution in [1.29, 1.82) is 5.26 Å². The Labute approximate surface area is 140 Å². The van der Waals surface area contributed by atoms with Gasteiger partial charge in [0.2, 0.25) is 0 Å². The lowest BCUT2D eigenvalue weighted by molar-refractivity contribution is -0.0501. The Morgan fingerprint density at radius 1 is 1.40 bits per heavy atom. The fourth-order valence-corrected chi connectivity index (χ4v) is 3.00. The Morgan fingerprint density at radius 2 is 2.12 bits per heavy atom. The van der Waals surface area contributed by atoms with E-state index >= 15 is 0 Å². The Morgan fingerprint density at radius 3 is 2.76 bits per heavy atom. The van der Waals surface area contributed by atoms with Gasteiger partial charge in [0.25, 0.3) is 0 Å². The van der Waals surface area contributed by atoms with Gasteiger partial charge in [-0.25, -0.2) is 14.5 Å². The molecular formula is C12H14N5O7P. The molecule has 6 N–H and O–H groups in total. The number of nitriles is 1. The number of nitrogen functional groups attached to an aromatic ring is 1. The van der Waals surface area contributed by atoms with Crippen molar-refractivity contribution in [2.45, 2.75) is 24.5 Å². The molecule has 3 heterocycles. The number of anilines is 1. The van der Waals surface area contributed by atoms with Gasteiger partial charge in [-0.3, -0.25) is 4.52 Å². The number of nitrogens with zero attached hydrogens (tertiary/aromatic N) is 4. The molecule has 0 radical (unpaired) electrons. The maximum Gasteiger partial charge on any atom is 0.469 e. The third kappa shape index (κ3) is 3.22. The van der Waals surface area contributed by atoms with Crippen molar-refractivity contribution in [2.75, 3.05) is 12.3 Å². The molecule has 3 rings (SSSR count). The zero-order chi connectivity index (χ0) is 18.4. The zero-order valence-corrected chi connectivity index (χ0v) is 13.4. The highest BCUT2D eigenvalue weighted by atomic mass is 31.2. The van der Waals surface area contributed by atoms with Gasteiger partial charge >= 0.3 is 7.82 Å². The number of aliphatic hydroxyl groups excluding tert-OH is 2. The summed E-state index contributed by atoms with van der Waals surface area (Å²) < 4.78 is 21.9. The number of nitrogens with two attached hydrogens (primary N) is 1. The number of aromatic nitrogens is 3. The van der Waals surface area contributed by atoms with E-state index in [2.05, 4.69) is 14.5 Å². The van der Waals surface area contributed by atoms with Gasteiger partial charge in [-0.05, 0) is 0 Å². The summed E-state index contributed by atoms with van der Waals surface area (Å²) >= 11 is 0. The first-order valence-corrected chi connectivity index (χ1v) is 8.48. The molecule has 0 spiro atoms. The highest BCUT2D eigenvalue weighted by Gasteiger charge is 2.45. The van der Waals surface area contributed by atoms with E-state index in [0.717, 1.165) is 0 Å². The van der Waals surface area contributed by atoms with Crippen molar-refractivity contribution in [2.24, 2.45) is 0 Å². The quantitative estimate of drug-likeness (QED) is 0.397. The molecule has 13 heteroatoms. The zero-order valence-electron chi connectivity index (χ0n) is 12.5. The monoisotopic (exact) mass is 371 g/mol. The molecule has 4 atom stereocenters. The molecule has 0 saturated carbocycles. The molecule has 0 amide bonds. The molecule has 134 valence electrons. The molecule has 25 heavy (non-hydrogen) atoms. The van der Waals surface area contributed by atoms with Gasteiger partial charge in [-0.15, -0.1) is 0 Å². The smallest absolute Gasteiger partial charge is 0.387 e. The van der Waals surface area contributed by atoms with E-state index in [9.17, 15) is 20.0 Å². The molecule has 0 aliphatic carbocycles. The molecule has 0 aromatic carbocycles. The number of hydrogen-bond donors (Lipinski definition) is 5. The lowest BCUT2D eigenvalue weighted by Gasteiger charge is -2.17. The second-order valence-electron chi connectivity index (χ2n) is 5.35. The van der Waals surface area contributed by atoms with Crippen molar-refractivity contribution >= 4 is 24.7 Å². The first-order chi connectivity index (χ1) is 11.7. The fourth-order valence-electron chi connectivity index (χ4n) is 2.65. The molecule has 0 unspecified atom stereocenters. The Kier molecular flexibility index (Phi) is 4.48. The summed E-state index contributed by atoms with van der Waals surface area (Å²) in [6.45, 7) is -0.638. The largest absolute Gasteiger partial charge is 0.469 e. The minimum absolute atomic E-state index is 0.0646. The van der Waals surface area contributed by atoms with E-state index in [4.69, 9.17) is 20.3 Å². The molecule has 1 aliphatic heterocycles. The van der Waals surface area contributed by atoms with Crippen LogP contribution in [0.5, 0.6) is 0 Å². The summed E-state index contributed by atoms with van der Waals surface area (Å²) in [5.41, 5.74) is 6.11. The summed E-state index contributed by atoms with van der Waals surface area (Å²) in [5.74, 6) is 0.0646. The topological polar surface area (TPSA) is 197 Å².